The number of nitrogens with one attached hydrogen (secondary N) is 2. The highest BCUT2D eigenvalue weighted by molar-refractivity contribution is 5.75. The molecule has 4 heteroatoms. The summed E-state index contributed by atoms with van der Waals surface area (Å²) in [5.41, 5.74) is -0.131. The van der Waals surface area contributed by atoms with Crippen LogP contribution < -0.4 is 10.6 Å². The van der Waals surface area contributed by atoms with Crippen LogP contribution in [0, 0.1) is 0 Å². The fourth-order valence-electron chi connectivity index (χ4n) is 1.79. The van der Waals surface area contributed by atoms with Crippen molar-refractivity contribution in [2.75, 3.05) is 6.61 Å². The average Bonchev–Trinajstić information content (AvgIpc) is 1.99. The van der Waals surface area contributed by atoms with E-state index in [4.69, 9.17) is 5.11 Å². The van der Waals surface area contributed by atoms with Crippen molar-refractivity contribution in [1.29, 1.82) is 0 Å². The van der Waals surface area contributed by atoms with Crippen molar-refractivity contribution in [3.63, 3.8) is 0 Å². The average molecular weight is 200 g/mol. The van der Waals surface area contributed by atoms with Gasteiger partial charge in [-0.25, -0.2) is 4.79 Å². The van der Waals surface area contributed by atoms with E-state index in [-0.39, 0.29) is 24.2 Å². The van der Waals surface area contributed by atoms with Gasteiger partial charge < -0.3 is 15.7 Å². The maximum atomic E-state index is 11.4. The summed E-state index contributed by atoms with van der Waals surface area (Å²) in [7, 11) is 0. The molecule has 0 radical (unpaired) electrons. The molecule has 1 fully saturated rings. The quantitative estimate of drug-likeness (QED) is 0.634. The highest BCUT2D eigenvalue weighted by atomic mass is 16.3. The fraction of sp³-hybridized carbons (Fsp3) is 0.900. The summed E-state index contributed by atoms with van der Waals surface area (Å²) in [6.45, 7) is 4.00. The highest BCUT2D eigenvalue weighted by Gasteiger charge is 2.37. The second-order valence-electron chi connectivity index (χ2n) is 4.36. The Morgan fingerprint density at radius 2 is 2.14 bits per heavy atom. The predicted octanol–water partition coefficient (Wildman–Crippen LogP) is 0.999. The minimum Gasteiger partial charge on any atom is -0.396 e. The monoisotopic (exact) mass is 200 g/mol. The zero-order valence-electron chi connectivity index (χ0n) is 8.97. The van der Waals surface area contributed by atoms with Crippen LogP contribution in [0.3, 0.4) is 0 Å². The number of amides is 2. The molecule has 0 unspecified atom stereocenters. The molecule has 0 aromatic carbocycles. The smallest absolute Gasteiger partial charge is 0.315 e. The summed E-state index contributed by atoms with van der Waals surface area (Å²) in [5, 5.41) is 14.6. The van der Waals surface area contributed by atoms with Crippen LogP contribution in [-0.2, 0) is 0 Å². The minimum absolute atomic E-state index is 0.117. The Morgan fingerprint density at radius 3 is 2.50 bits per heavy atom. The maximum absolute atomic E-state index is 11.4. The van der Waals surface area contributed by atoms with Crippen molar-refractivity contribution in [2.45, 2.75) is 51.1 Å². The van der Waals surface area contributed by atoms with Gasteiger partial charge in [-0.1, -0.05) is 0 Å². The molecule has 0 bridgehead atoms. The van der Waals surface area contributed by atoms with E-state index in [9.17, 15) is 4.79 Å². The topological polar surface area (TPSA) is 61.4 Å². The fourth-order valence-corrected chi connectivity index (χ4v) is 1.79. The Kier molecular flexibility index (Phi) is 3.75. The lowest BCUT2D eigenvalue weighted by Gasteiger charge is -2.42. The van der Waals surface area contributed by atoms with E-state index in [1.807, 2.05) is 13.8 Å². The zero-order chi connectivity index (χ0) is 10.6. The van der Waals surface area contributed by atoms with Crippen LogP contribution in [0.5, 0.6) is 0 Å². The van der Waals surface area contributed by atoms with Crippen molar-refractivity contribution >= 4 is 6.03 Å². The summed E-state index contributed by atoms with van der Waals surface area (Å²) >= 11 is 0. The second-order valence-corrected chi connectivity index (χ2v) is 4.36. The van der Waals surface area contributed by atoms with Gasteiger partial charge in [-0.05, 0) is 39.5 Å². The first-order valence-corrected chi connectivity index (χ1v) is 5.27. The normalized spacial score (nSPS) is 18.9. The zero-order valence-corrected chi connectivity index (χ0v) is 8.97. The van der Waals surface area contributed by atoms with Crippen LogP contribution in [0.25, 0.3) is 0 Å². The van der Waals surface area contributed by atoms with Gasteiger partial charge in [-0.15, -0.1) is 0 Å². The molecule has 82 valence electrons. The number of aliphatic hydroxyl groups is 1. The van der Waals surface area contributed by atoms with Crippen LogP contribution in [0.4, 0.5) is 4.79 Å². The van der Waals surface area contributed by atoms with Gasteiger partial charge >= 0.3 is 6.03 Å². The molecule has 1 aliphatic carbocycles. The number of aliphatic hydroxyl groups excluding tert-OH is 1. The number of hydrogen-bond acceptors (Lipinski definition) is 2. The van der Waals surface area contributed by atoms with Gasteiger partial charge in [0, 0.05) is 18.2 Å². The van der Waals surface area contributed by atoms with Crippen LogP contribution in [0.15, 0.2) is 0 Å². The Balaban J connectivity index is 2.36. The molecule has 0 aliphatic heterocycles. The van der Waals surface area contributed by atoms with Gasteiger partial charge in [-0.2, -0.15) is 0 Å². The Hall–Kier alpha value is -0.770. The molecule has 1 aliphatic rings. The Morgan fingerprint density at radius 1 is 1.50 bits per heavy atom. The van der Waals surface area contributed by atoms with E-state index in [2.05, 4.69) is 10.6 Å². The minimum atomic E-state index is -0.131. The summed E-state index contributed by atoms with van der Waals surface area (Å²) in [6.07, 6.45) is 3.78. The van der Waals surface area contributed by atoms with Crippen LogP contribution in [0.2, 0.25) is 0 Å². The molecule has 0 atom stereocenters. The number of carbonyl (C=O) groups excluding carboxylic acids is 1. The second kappa shape index (κ2) is 4.64. The van der Waals surface area contributed by atoms with E-state index < -0.39 is 0 Å². The lowest BCUT2D eigenvalue weighted by Crippen LogP contribution is -2.57. The predicted molar refractivity (Wildman–Crippen MR) is 55.1 cm³/mol. The van der Waals surface area contributed by atoms with Crippen LogP contribution >= 0.6 is 0 Å². The summed E-state index contributed by atoms with van der Waals surface area (Å²) in [5.74, 6) is 0. The van der Waals surface area contributed by atoms with E-state index in [0.717, 1.165) is 19.3 Å². The summed E-state index contributed by atoms with van der Waals surface area (Å²) < 4.78 is 0. The number of hydrogen-bond donors (Lipinski definition) is 3. The molecule has 0 heterocycles. The standard InChI is InChI=1S/C10H20N2O2/c1-8(2)11-9(14)12-10(6-7-13)4-3-5-10/h8,13H,3-7H2,1-2H3,(H2,11,12,14). The van der Waals surface area contributed by atoms with Crippen molar-refractivity contribution in [1.82, 2.24) is 10.6 Å². The van der Waals surface area contributed by atoms with Gasteiger partial charge in [0.15, 0.2) is 0 Å². The van der Waals surface area contributed by atoms with E-state index in [0.29, 0.717) is 6.42 Å². The third-order valence-electron chi connectivity index (χ3n) is 2.70. The molecule has 2 amide bonds. The molecular formula is C10H20N2O2. The number of carbonyl (C=O) groups is 1. The maximum Gasteiger partial charge on any atom is 0.315 e. The first kappa shape index (κ1) is 11.3. The van der Waals surface area contributed by atoms with Crippen molar-refractivity contribution in [3.05, 3.63) is 0 Å². The number of rotatable bonds is 4. The van der Waals surface area contributed by atoms with Crippen molar-refractivity contribution in [3.8, 4) is 0 Å². The third-order valence-corrected chi connectivity index (χ3v) is 2.70. The summed E-state index contributed by atoms with van der Waals surface area (Å²) in [6, 6.07) is 0.0365. The first-order valence-electron chi connectivity index (χ1n) is 5.27. The van der Waals surface area contributed by atoms with Gasteiger partial charge in [0.25, 0.3) is 0 Å². The largest absolute Gasteiger partial charge is 0.396 e. The van der Waals surface area contributed by atoms with Gasteiger partial charge in [0.1, 0.15) is 0 Å². The molecule has 4 nitrogen and oxygen atoms in total. The molecule has 14 heavy (non-hydrogen) atoms. The van der Waals surface area contributed by atoms with E-state index in [1.54, 1.807) is 0 Å². The lowest BCUT2D eigenvalue weighted by atomic mass is 9.74. The van der Waals surface area contributed by atoms with Crippen LogP contribution in [-0.4, -0.2) is 29.3 Å². The molecule has 0 aromatic heterocycles. The summed E-state index contributed by atoms with van der Waals surface area (Å²) in [4.78, 5) is 11.4. The van der Waals surface area contributed by atoms with E-state index >= 15 is 0 Å². The highest BCUT2D eigenvalue weighted by Crippen LogP contribution is 2.34. The van der Waals surface area contributed by atoms with Crippen molar-refractivity contribution < 1.29 is 9.90 Å². The van der Waals surface area contributed by atoms with Gasteiger partial charge in [0.2, 0.25) is 0 Å². The van der Waals surface area contributed by atoms with Gasteiger partial charge in [-0.3, -0.25) is 0 Å². The molecule has 0 spiro atoms. The third kappa shape index (κ3) is 2.87. The molecule has 0 aromatic rings. The molecule has 0 saturated heterocycles. The van der Waals surface area contributed by atoms with Crippen LogP contribution in [0.1, 0.15) is 39.5 Å². The van der Waals surface area contributed by atoms with E-state index in [1.165, 1.54) is 0 Å². The van der Waals surface area contributed by atoms with Gasteiger partial charge in [0.05, 0.1) is 0 Å². The Bertz CT molecular complexity index is 200. The van der Waals surface area contributed by atoms with Crippen molar-refractivity contribution in [2.24, 2.45) is 0 Å². The molecule has 3 N–H and O–H groups in total. The molecule has 1 saturated carbocycles. The SMILES string of the molecule is CC(C)NC(=O)NC1(CCO)CCC1. The Labute approximate surface area is 85.1 Å². The lowest BCUT2D eigenvalue weighted by molar-refractivity contribution is 0.135. The molecule has 1 rings (SSSR count). The first-order chi connectivity index (χ1) is 6.58. The number of urea groups is 1. The molecular weight excluding hydrogens is 180 g/mol.